The third-order valence-electron chi connectivity index (χ3n) is 4.34. The summed E-state index contributed by atoms with van der Waals surface area (Å²) in [5.74, 6) is -0.750. The van der Waals surface area contributed by atoms with Crippen molar-refractivity contribution in [3.63, 3.8) is 0 Å². The van der Waals surface area contributed by atoms with Crippen LogP contribution in [0.5, 0.6) is 5.75 Å². The fourth-order valence-corrected chi connectivity index (χ4v) is 2.89. The van der Waals surface area contributed by atoms with Crippen LogP contribution in [0, 0.1) is 25.2 Å². The van der Waals surface area contributed by atoms with Crippen LogP contribution in [0.2, 0.25) is 0 Å². The van der Waals surface area contributed by atoms with Crippen LogP contribution >= 0.6 is 0 Å². The molecule has 156 valence electrons. The Morgan fingerprint density at radius 3 is 2.67 bits per heavy atom. The summed E-state index contributed by atoms with van der Waals surface area (Å²) < 4.78 is 43.3. The number of anilines is 1. The van der Waals surface area contributed by atoms with Crippen LogP contribution in [0.1, 0.15) is 27.4 Å². The molecule has 1 aromatic carbocycles. The number of aromatic nitrogens is 4. The Balaban J connectivity index is 1.77. The molecule has 0 saturated carbocycles. The highest BCUT2D eigenvalue weighted by atomic mass is 19.4. The summed E-state index contributed by atoms with van der Waals surface area (Å²) in [6.07, 6.45) is -4.52. The number of hydrogen-bond acceptors (Lipinski definition) is 5. The van der Waals surface area contributed by atoms with E-state index in [1.54, 1.807) is 23.9 Å². The number of carbonyl (C=O) groups excluding carboxylic acids is 1. The van der Waals surface area contributed by atoms with E-state index >= 15 is 0 Å². The van der Waals surface area contributed by atoms with Gasteiger partial charge in [-0.3, -0.25) is 14.6 Å². The minimum absolute atomic E-state index is 0.135. The van der Waals surface area contributed by atoms with Crippen molar-refractivity contribution >= 4 is 11.6 Å². The summed E-state index contributed by atoms with van der Waals surface area (Å²) in [7, 11) is 1.81. The molecule has 8 nitrogen and oxygen atoms in total. The Hall–Kier alpha value is -3.81. The summed E-state index contributed by atoms with van der Waals surface area (Å²) in [5.41, 5.74) is 3.27. The molecule has 30 heavy (non-hydrogen) atoms. The van der Waals surface area contributed by atoms with Gasteiger partial charge in [0.15, 0.2) is 6.61 Å². The number of nitrogens with zero attached hydrogens (tertiary/aromatic N) is 4. The molecule has 0 radical (unpaired) electrons. The van der Waals surface area contributed by atoms with Gasteiger partial charge in [-0.25, -0.2) is 0 Å². The molecule has 0 atom stereocenters. The molecule has 3 rings (SSSR count). The van der Waals surface area contributed by atoms with E-state index in [1.165, 1.54) is 18.2 Å². The van der Waals surface area contributed by atoms with Gasteiger partial charge in [0.25, 0.3) is 5.91 Å². The molecule has 0 bridgehead atoms. The van der Waals surface area contributed by atoms with Gasteiger partial charge in [-0.15, -0.1) is 0 Å². The molecule has 0 aliphatic heterocycles. The average molecular weight is 418 g/mol. The number of nitrogens with one attached hydrogen (secondary N) is 2. The molecule has 1 amide bonds. The highest BCUT2D eigenvalue weighted by Crippen LogP contribution is 2.27. The maximum Gasteiger partial charge on any atom is 0.422 e. The van der Waals surface area contributed by atoms with Gasteiger partial charge in [0.2, 0.25) is 0 Å². The molecule has 2 N–H and O–H groups in total. The number of ether oxygens (including phenoxy) is 1. The Kier molecular flexibility index (Phi) is 5.51. The number of nitriles is 1. The molecule has 2 aromatic heterocycles. The molecule has 0 unspecified atom stereocenters. The number of benzene rings is 1. The molecule has 0 saturated heterocycles. The number of aromatic amines is 1. The monoisotopic (exact) mass is 418 g/mol. The predicted molar refractivity (Wildman–Crippen MR) is 101 cm³/mol. The van der Waals surface area contributed by atoms with Gasteiger partial charge in [0.1, 0.15) is 17.5 Å². The summed E-state index contributed by atoms with van der Waals surface area (Å²) in [6, 6.07) is 7.09. The van der Waals surface area contributed by atoms with Crippen molar-refractivity contribution in [2.24, 2.45) is 7.05 Å². The van der Waals surface area contributed by atoms with Gasteiger partial charge in [-0.1, -0.05) is 0 Å². The standard InChI is InChI=1S/C19H17F3N6O2/c1-10-17(11(2)28(3)27-10)14-7-15(26-25-14)18(29)24-13-4-5-16(12(6-13)8-23)30-9-19(20,21)22/h4-7H,9H2,1-3H3,(H,24,29)(H,25,26). The highest BCUT2D eigenvalue weighted by molar-refractivity contribution is 6.03. The van der Waals surface area contributed by atoms with E-state index in [9.17, 15) is 18.0 Å². The second kappa shape index (κ2) is 7.90. The quantitative estimate of drug-likeness (QED) is 0.659. The van der Waals surface area contributed by atoms with Crippen molar-refractivity contribution in [1.82, 2.24) is 20.0 Å². The number of halogens is 3. The van der Waals surface area contributed by atoms with Crippen LogP contribution in [0.25, 0.3) is 11.3 Å². The minimum Gasteiger partial charge on any atom is -0.483 e. The van der Waals surface area contributed by atoms with Crippen LogP contribution < -0.4 is 10.1 Å². The van der Waals surface area contributed by atoms with Gasteiger partial charge in [-0.05, 0) is 38.1 Å². The minimum atomic E-state index is -4.52. The van der Waals surface area contributed by atoms with Gasteiger partial charge in [0, 0.05) is 24.0 Å². The van der Waals surface area contributed by atoms with Crippen LogP contribution in [0.15, 0.2) is 24.3 Å². The SMILES string of the molecule is Cc1nn(C)c(C)c1-c1cc(C(=O)Nc2ccc(OCC(F)(F)F)c(C#N)c2)[nH]n1. The number of carbonyl (C=O) groups is 1. The van der Waals surface area contributed by atoms with E-state index in [2.05, 4.69) is 25.3 Å². The van der Waals surface area contributed by atoms with Crippen molar-refractivity contribution in [3.05, 3.63) is 46.9 Å². The van der Waals surface area contributed by atoms with Gasteiger partial charge in [-0.2, -0.15) is 28.6 Å². The average Bonchev–Trinajstić information content (AvgIpc) is 3.24. The lowest BCUT2D eigenvalue weighted by Crippen LogP contribution is -2.19. The first-order valence-corrected chi connectivity index (χ1v) is 8.70. The number of H-pyrrole nitrogens is 1. The van der Waals surface area contributed by atoms with E-state index in [0.29, 0.717) is 5.69 Å². The topological polar surface area (TPSA) is 109 Å². The van der Waals surface area contributed by atoms with Crippen molar-refractivity contribution in [2.45, 2.75) is 20.0 Å². The van der Waals surface area contributed by atoms with Gasteiger partial charge in [0.05, 0.1) is 17.0 Å². The number of aryl methyl sites for hydroxylation is 2. The van der Waals surface area contributed by atoms with Crippen LogP contribution in [-0.2, 0) is 7.05 Å². The smallest absolute Gasteiger partial charge is 0.422 e. The van der Waals surface area contributed by atoms with E-state index in [-0.39, 0.29) is 22.7 Å². The van der Waals surface area contributed by atoms with E-state index in [1.807, 2.05) is 13.8 Å². The molecule has 0 aliphatic carbocycles. The fourth-order valence-electron chi connectivity index (χ4n) is 2.89. The second-order valence-electron chi connectivity index (χ2n) is 6.52. The summed E-state index contributed by atoms with van der Waals surface area (Å²) >= 11 is 0. The number of alkyl halides is 3. The van der Waals surface area contributed by atoms with Gasteiger partial charge < -0.3 is 10.1 Å². The lowest BCUT2D eigenvalue weighted by molar-refractivity contribution is -0.153. The predicted octanol–water partition coefficient (Wildman–Crippen LogP) is 3.49. The van der Waals surface area contributed by atoms with E-state index in [0.717, 1.165) is 17.0 Å². The number of hydrogen-bond donors (Lipinski definition) is 2. The first-order chi connectivity index (χ1) is 14.1. The Morgan fingerprint density at radius 2 is 2.07 bits per heavy atom. The Labute approximate surface area is 169 Å². The van der Waals surface area contributed by atoms with Gasteiger partial charge >= 0.3 is 6.18 Å². The van der Waals surface area contributed by atoms with E-state index < -0.39 is 18.7 Å². The van der Waals surface area contributed by atoms with Crippen molar-refractivity contribution in [2.75, 3.05) is 11.9 Å². The molecule has 0 spiro atoms. The van der Waals surface area contributed by atoms with Crippen molar-refractivity contribution in [3.8, 4) is 23.1 Å². The molecule has 3 aromatic rings. The van der Waals surface area contributed by atoms with Crippen LogP contribution in [0.4, 0.5) is 18.9 Å². The fraction of sp³-hybridized carbons (Fsp3) is 0.263. The number of rotatable bonds is 5. The third-order valence-corrected chi connectivity index (χ3v) is 4.34. The second-order valence-corrected chi connectivity index (χ2v) is 6.52. The van der Waals surface area contributed by atoms with Crippen LogP contribution in [-0.4, -0.2) is 38.7 Å². The summed E-state index contributed by atoms with van der Waals surface area (Å²) in [6.45, 7) is 2.20. The molecule has 0 aliphatic rings. The van der Waals surface area contributed by atoms with Crippen molar-refractivity contribution in [1.29, 1.82) is 5.26 Å². The van der Waals surface area contributed by atoms with E-state index in [4.69, 9.17) is 5.26 Å². The summed E-state index contributed by atoms with van der Waals surface area (Å²) in [4.78, 5) is 12.5. The highest BCUT2D eigenvalue weighted by Gasteiger charge is 2.29. The molecular formula is C19H17F3N6O2. The lowest BCUT2D eigenvalue weighted by Gasteiger charge is -2.11. The molecular weight excluding hydrogens is 401 g/mol. The molecule has 0 fully saturated rings. The molecule has 11 heteroatoms. The third kappa shape index (κ3) is 4.43. The maximum absolute atomic E-state index is 12.5. The normalized spacial score (nSPS) is 11.2. The summed E-state index contributed by atoms with van der Waals surface area (Å²) in [5, 5.41) is 22.9. The Bertz CT molecular complexity index is 1140. The zero-order valence-corrected chi connectivity index (χ0v) is 16.3. The number of amides is 1. The Morgan fingerprint density at radius 1 is 1.33 bits per heavy atom. The largest absolute Gasteiger partial charge is 0.483 e. The molecule has 2 heterocycles. The first kappa shape index (κ1) is 20.9. The van der Waals surface area contributed by atoms with Crippen molar-refractivity contribution < 1.29 is 22.7 Å². The van der Waals surface area contributed by atoms with Crippen LogP contribution in [0.3, 0.4) is 0 Å². The lowest BCUT2D eigenvalue weighted by atomic mass is 10.1. The zero-order valence-electron chi connectivity index (χ0n) is 16.3. The first-order valence-electron chi connectivity index (χ1n) is 8.70. The maximum atomic E-state index is 12.5. The zero-order chi connectivity index (χ0) is 22.1.